The van der Waals surface area contributed by atoms with Crippen molar-refractivity contribution in [3.05, 3.63) is 34.1 Å². The van der Waals surface area contributed by atoms with Gasteiger partial charge < -0.3 is 10.5 Å². The Morgan fingerprint density at radius 1 is 1.55 bits per heavy atom. The van der Waals surface area contributed by atoms with E-state index in [-0.39, 0.29) is 18.0 Å². The molecule has 1 aromatic rings. The first-order chi connectivity index (χ1) is 9.56. The summed E-state index contributed by atoms with van der Waals surface area (Å²) in [5.41, 5.74) is 6.57. The molecular weight excluding hydrogens is 323 g/mol. The van der Waals surface area contributed by atoms with E-state index >= 15 is 0 Å². The molecule has 0 bridgehead atoms. The number of methoxy groups -OCH3 is 1. The first-order valence-corrected chi connectivity index (χ1v) is 7.78. The predicted molar refractivity (Wildman–Crippen MR) is 82.0 cm³/mol. The second-order valence-corrected chi connectivity index (χ2v) is 6.37. The lowest BCUT2D eigenvalue weighted by atomic mass is 9.93. The second kappa shape index (κ2) is 6.98. The van der Waals surface area contributed by atoms with Crippen LogP contribution in [0.4, 0.5) is 4.39 Å². The minimum Gasteiger partial charge on any atom is -0.380 e. The van der Waals surface area contributed by atoms with Crippen molar-refractivity contribution >= 4 is 15.9 Å². The van der Waals surface area contributed by atoms with E-state index in [1.54, 1.807) is 7.11 Å². The van der Waals surface area contributed by atoms with Crippen LogP contribution in [0.1, 0.15) is 24.9 Å². The molecule has 3 nitrogen and oxygen atoms in total. The van der Waals surface area contributed by atoms with Gasteiger partial charge in [0.1, 0.15) is 5.82 Å². The lowest BCUT2D eigenvalue weighted by Gasteiger charge is -2.40. The lowest BCUT2D eigenvalue weighted by molar-refractivity contribution is -0.0187. The van der Waals surface area contributed by atoms with Crippen molar-refractivity contribution < 1.29 is 9.13 Å². The zero-order valence-electron chi connectivity index (χ0n) is 12.0. The summed E-state index contributed by atoms with van der Waals surface area (Å²) in [6.07, 6.45) is 1.24. The van der Waals surface area contributed by atoms with Crippen LogP contribution in [0.5, 0.6) is 0 Å². The van der Waals surface area contributed by atoms with Gasteiger partial charge in [-0.25, -0.2) is 4.39 Å². The molecule has 1 aromatic carbocycles. The summed E-state index contributed by atoms with van der Waals surface area (Å²) in [5.74, 6) is 0.326. The monoisotopic (exact) mass is 344 g/mol. The zero-order valence-corrected chi connectivity index (χ0v) is 13.6. The molecule has 2 N–H and O–H groups in total. The fourth-order valence-electron chi connectivity index (χ4n) is 2.89. The smallest absolute Gasteiger partial charge is 0.129 e. The SMILES string of the molecule is COC1CN(C(CN)c2ccc(Br)cc2F)CCC1C. The number of piperidine rings is 1. The van der Waals surface area contributed by atoms with Crippen molar-refractivity contribution in [3.63, 3.8) is 0 Å². The van der Waals surface area contributed by atoms with Gasteiger partial charge >= 0.3 is 0 Å². The molecule has 1 saturated heterocycles. The van der Waals surface area contributed by atoms with E-state index in [4.69, 9.17) is 10.5 Å². The maximum Gasteiger partial charge on any atom is 0.129 e. The van der Waals surface area contributed by atoms with E-state index in [1.807, 2.05) is 12.1 Å². The summed E-state index contributed by atoms with van der Waals surface area (Å²) in [6, 6.07) is 5.09. The molecule has 1 aliphatic heterocycles. The van der Waals surface area contributed by atoms with Crippen LogP contribution in [0.15, 0.2) is 22.7 Å². The molecule has 2 rings (SSSR count). The van der Waals surface area contributed by atoms with Crippen molar-refractivity contribution in [2.45, 2.75) is 25.5 Å². The van der Waals surface area contributed by atoms with Crippen molar-refractivity contribution in [1.29, 1.82) is 0 Å². The van der Waals surface area contributed by atoms with Crippen molar-refractivity contribution in [3.8, 4) is 0 Å². The Balaban J connectivity index is 2.19. The molecule has 3 unspecified atom stereocenters. The number of halogens is 2. The Bertz CT molecular complexity index is 457. The first-order valence-electron chi connectivity index (χ1n) is 6.98. The number of rotatable bonds is 4. The topological polar surface area (TPSA) is 38.5 Å². The fraction of sp³-hybridized carbons (Fsp3) is 0.600. The van der Waals surface area contributed by atoms with Crippen molar-refractivity contribution in [1.82, 2.24) is 4.90 Å². The van der Waals surface area contributed by atoms with Crippen LogP contribution in [0.2, 0.25) is 0 Å². The average Bonchev–Trinajstić information content (AvgIpc) is 2.43. The highest BCUT2D eigenvalue weighted by Gasteiger charge is 2.31. The summed E-state index contributed by atoms with van der Waals surface area (Å²) < 4.78 is 20.4. The van der Waals surface area contributed by atoms with Gasteiger partial charge in [0.05, 0.1) is 12.1 Å². The predicted octanol–water partition coefficient (Wildman–Crippen LogP) is 2.94. The zero-order chi connectivity index (χ0) is 14.7. The first kappa shape index (κ1) is 15.9. The van der Waals surface area contributed by atoms with Gasteiger partial charge in [-0.3, -0.25) is 4.90 Å². The fourth-order valence-corrected chi connectivity index (χ4v) is 3.23. The molecule has 112 valence electrons. The van der Waals surface area contributed by atoms with Gasteiger partial charge in [0.2, 0.25) is 0 Å². The Labute approximate surface area is 128 Å². The number of hydrogen-bond acceptors (Lipinski definition) is 3. The highest BCUT2D eigenvalue weighted by atomic mass is 79.9. The van der Waals surface area contributed by atoms with E-state index in [1.165, 1.54) is 6.07 Å². The molecule has 0 radical (unpaired) electrons. The molecular formula is C15H22BrFN2O. The largest absolute Gasteiger partial charge is 0.380 e. The number of hydrogen-bond donors (Lipinski definition) is 1. The van der Waals surface area contributed by atoms with Crippen molar-refractivity contribution in [2.24, 2.45) is 11.7 Å². The third kappa shape index (κ3) is 3.39. The van der Waals surface area contributed by atoms with E-state index in [2.05, 4.69) is 27.8 Å². The normalized spacial score (nSPS) is 25.6. The van der Waals surface area contributed by atoms with E-state index in [0.717, 1.165) is 24.0 Å². The number of benzene rings is 1. The van der Waals surface area contributed by atoms with Crippen LogP contribution in [0.25, 0.3) is 0 Å². The van der Waals surface area contributed by atoms with Gasteiger partial charge in [0, 0.05) is 30.2 Å². The highest BCUT2D eigenvalue weighted by molar-refractivity contribution is 9.10. The van der Waals surface area contributed by atoms with E-state index < -0.39 is 0 Å². The molecule has 1 fully saturated rings. The Morgan fingerprint density at radius 2 is 2.30 bits per heavy atom. The Kier molecular flexibility index (Phi) is 5.55. The van der Waals surface area contributed by atoms with Gasteiger partial charge in [-0.15, -0.1) is 0 Å². The molecule has 0 aliphatic carbocycles. The van der Waals surface area contributed by atoms with Crippen molar-refractivity contribution in [2.75, 3.05) is 26.7 Å². The van der Waals surface area contributed by atoms with Gasteiger partial charge in [0.25, 0.3) is 0 Å². The molecule has 1 aliphatic rings. The highest BCUT2D eigenvalue weighted by Crippen LogP contribution is 2.29. The van der Waals surface area contributed by atoms with Crippen LogP contribution in [-0.2, 0) is 4.74 Å². The molecule has 5 heteroatoms. The Morgan fingerprint density at radius 3 is 2.90 bits per heavy atom. The summed E-state index contributed by atoms with van der Waals surface area (Å²) in [5, 5.41) is 0. The average molecular weight is 345 g/mol. The number of likely N-dealkylation sites (tertiary alicyclic amines) is 1. The molecule has 20 heavy (non-hydrogen) atoms. The van der Waals surface area contributed by atoms with E-state index in [0.29, 0.717) is 18.0 Å². The third-order valence-electron chi connectivity index (χ3n) is 4.21. The number of nitrogens with two attached hydrogens (primary N) is 1. The molecule has 0 spiro atoms. The van der Waals surface area contributed by atoms with Crippen LogP contribution in [0.3, 0.4) is 0 Å². The summed E-state index contributed by atoms with van der Waals surface area (Å²) in [4.78, 5) is 2.24. The maximum atomic E-state index is 14.2. The lowest BCUT2D eigenvalue weighted by Crippen LogP contribution is -2.47. The minimum absolute atomic E-state index is 0.0896. The number of ether oxygens (including phenoxy) is 1. The molecule has 1 heterocycles. The maximum absolute atomic E-state index is 14.2. The van der Waals surface area contributed by atoms with E-state index in [9.17, 15) is 4.39 Å². The van der Waals surface area contributed by atoms with Gasteiger partial charge in [0.15, 0.2) is 0 Å². The van der Waals surface area contributed by atoms with Gasteiger partial charge in [-0.1, -0.05) is 28.9 Å². The van der Waals surface area contributed by atoms with Crippen LogP contribution < -0.4 is 5.73 Å². The molecule has 0 saturated carbocycles. The van der Waals surface area contributed by atoms with Crippen LogP contribution in [-0.4, -0.2) is 37.7 Å². The second-order valence-electron chi connectivity index (χ2n) is 5.45. The quantitative estimate of drug-likeness (QED) is 0.912. The summed E-state index contributed by atoms with van der Waals surface area (Å²) in [6.45, 7) is 4.33. The molecule has 0 amide bonds. The van der Waals surface area contributed by atoms with Crippen LogP contribution >= 0.6 is 15.9 Å². The molecule has 3 atom stereocenters. The summed E-state index contributed by atoms with van der Waals surface area (Å²) >= 11 is 3.29. The third-order valence-corrected chi connectivity index (χ3v) is 4.70. The Hall–Kier alpha value is -0.490. The standard InChI is InChI=1S/C15H22BrFN2O/c1-10-5-6-19(9-15(10)20-2)14(8-18)12-4-3-11(16)7-13(12)17/h3-4,7,10,14-15H,5-6,8-9,18H2,1-2H3. The van der Waals surface area contributed by atoms with Crippen LogP contribution in [0, 0.1) is 11.7 Å². The van der Waals surface area contributed by atoms with Gasteiger partial charge in [-0.2, -0.15) is 0 Å². The number of nitrogens with zero attached hydrogens (tertiary/aromatic N) is 1. The molecule has 0 aromatic heterocycles. The summed E-state index contributed by atoms with van der Waals surface area (Å²) in [7, 11) is 1.74. The minimum atomic E-state index is -0.206. The van der Waals surface area contributed by atoms with Gasteiger partial charge in [-0.05, 0) is 31.0 Å².